The van der Waals surface area contributed by atoms with Crippen molar-refractivity contribution in [3.8, 4) is 0 Å². The van der Waals surface area contributed by atoms with Crippen molar-refractivity contribution in [1.29, 1.82) is 0 Å². The van der Waals surface area contributed by atoms with Crippen LogP contribution in [0.4, 0.5) is 5.69 Å². The monoisotopic (exact) mass is 529 g/mol. The summed E-state index contributed by atoms with van der Waals surface area (Å²) < 4.78 is 26.6. The number of unbranched alkanes of at least 4 members (excludes halogenated alkanes) is 1. The van der Waals surface area contributed by atoms with E-state index in [0.717, 1.165) is 29.5 Å². The Kier molecular flexibility index (Phi) is 12.1. The van der Waals surface area contributed by atoms with Gasteiger partial charge in [-0.1, -0.05) is 62.7 Å². The maximum atomic E-state index is 13.5. The Hall–Kier alpha value is -2.87. The second-order valence-electron chi connectivity index (χ2n) is 9.55. The smallest absolute Gasteiger partial charge is 0.242 e. The van der Waals surface area contributed by atoms with E-state index in [4.69, 9.17) is 0 Å². The number of nitrogens with zero attached hydrogens (tertiary/aromatic N) is 2. The van der Waals surface area contributed by atoms with E-state index in [9.17, 15) is 18.0 Å². The Morgan fingerprint density at radius 2 is 1.65 bits per heavy atom. The Bertz CT molecular complexity index is 1120. The maximum absolute atomic E-state index is 13.5. The summed E-state index contributed by atoms with van der Waals surface area (Å²) >= 11 is 0. The van der Waals surface area contributed by atoms with Gasteiger partial charge < -0.3 is 10.2 Å². The van der Waals surface area contributed by atoms with Gasteiger partial charge in [0, 0.05) is 26.1 Å². The lowest BCUT2D eigenvalue weighted by molar-refractivity contribution is -0.140. The molecule has 7 nitrogen and oxygen atoms in total. The number of hydrogen-bond donors (Lipinski definition) is 1. The largest absolute Gasteiger partial charge is 0.354 e. The molecule has 1 unspecified atom stereocenters. The minimum Gasteiger partial charge on any atom is -0.354 e. The van der Waals surface area contributed by atoms with Crippen LogP contribution in [0.2, 0.25) is 0 Å². The molecular formula is C29H43N3O4S. The summed E-state index contributed by atoms with van der Waals surface area (Å²) in [5, 5.41) is 2.97. The van der Waals surface area contributed by atoms with Crippen LogP contribution in [0.3, 0.4) is 0 Å². The van der Waals surface area contributed by atoms with E-state index in [1.54, 1.807) is 11.0 Å². The van der Waals surface area contributed by atoms with Gasteiger partial charge in [-0.25, -0.2) is 8.42 Å². The first-order chi connectivity index (χ1) is 17.6. The molecule has 0 saturated carbocycles. The highest BCUT2D eigenvalue weighted by Gasteiger charge is 2.28. The number of carbonyl (C=O) groups excluding carboxylic acids is 2. The Morgan fingerprint density at radius 1 is 0.946 bits per heavy atom. The molecule has 0 bridgehead atoms. The fourth-order valence-electron chi connectivity index (χ4n) is 4.39. The lowest BCUT2D eigenvalue weighted by Gasteiger charge is -2.31. The molecule has 8 heteroatoms. The van der Waals surface area contributed by atoms with Crippen LogP contribution in [0.5, 0.6) is 0 Å². The molecule has 2 amide bonds. The molecule has 0 radical (unpaired) electrons. The van der Waals surface area contributed by atoms with Crippen molar-refractivity contribution in [3.63, 3.8) is 0 Å². The van der Waals surface area contributed by atoms with Crippen molar-refractivity contribution >= 4 is 27.5 Å². The van der Waals surface area contributed by atoms with E-state index in [-0.39, 0.29) is 24.8 Å². The normalized spacial score (nSPS) is 12.1. The minimum absolute atomic E-state index is 0.134. The van der Waals surface area contributed by atoms with Crippen molar-refractivity contribution in [1.82, 2.24) is 10.2 Å². The van der Waals surface area contributed by atoms with E-state index in [0.29, 0.717) is 38.0 Å². The fraction of sp³-hybridized carbons (Fsp3) is 0.517. The molecule has 37 heavy (non-hydrogen) atoms. The molecular weight excluding hydrogens is 486 g/mol. The summed E-state index contributed by atoms with van der Waals surface area (Å²) in [5.41, 5.74) is 3.64. The Morgan fingerprint density at radius 3 is 2.27 bits per heavy atom. The summed E-state index contributed by atoms with van der Waals surface area (Å²) in [7, 11) is -3.52. The fourth-order valence-corrected chi connectivity index (χ4v) is 5.41. The molecule has 2 aromatic rings. The number of hydrogen-bond acceptors (Lipinski definition) is 4. The SMILES string of the molecule is CCCCNC(=O)C(CC)N(CCc1ccccc1)C(=O)CCCN(c1cccc(C)c1C)S(C)(=O)=O. The quantitative estimate of drug-likeness (QED) is 0.341. The molecule has 0 heterocycles. The number of aryl methyl sites for hydroxylation is 1. The van der Waals surface area contributed by atoms with Gasteiger partial charge in [-0.2, -0.15) is 0 Å². The molecule has 0 aliphatic rings. The van der Waals surface area contributed by atoms with Crippen LogP contribution in [-0.2, 0) is 26.0 Å². The van der Waals surface area contributed by atoms with Gasteiger partial charge in [0.1, 0.15) is 6.04 Å². The van der Waals surface area contributed by atoms with Crippen LogP contribution in [0.15, 0.2) is 48.5 Å². The first-order valence-electron chi connectivity index (χ1n) is 13.2. The van der Waals surface area contributed by atoms with Crippen molar-refractivity contribution in [3.05, 3.63) is 65.2 Å². The predicted octanol–water partition coefficient (Wildman–Crippen LogP) is 4.62. The number of amides is 2. The van der Waals surface area contributed by atoms with Gasteiger partial charge in [0.2, 0.25) is 21.8 Å². The van der Waals surface area contributed by atoms with Crippen molar-refractivity contribution in [2.45, 2.75) is 72.3 Å². The molecule has 0 fully saturated rings. The van der Waals surface area contributed by atoms with Crippen LogP contribution in [0.25, 0.3) is 0 Å². The summed E-state index contributed by atoms with van der Waals surface area (Å²) in [4.78, 5) is 28.1. The van der Waals surface area contributed by atoms with Gasteiger partial charge in [-0.05, 0) is 62.3 Å². The van der Waals surface area contributed by atoms with Crippen molar-refractivity contribution in [2.24, 2.45) is 0 Å². The summed E-state index contributed by atoms with van der Waals surface area (Å²) in [6.45, 7) is 9.05. The second kappa shape index (κ2) is 14.8. The van der Waals surface area contributed by atoms with Crippen molar-refractivity contribution in [2.75, 3.05) is 30.2 Å². The number of carbonyl (C=O) groups is 2. The highest BCUT2D eigenvalue weighted by Crippen LogP contribution is 2.25. The number of anilines is 1. The highest BCUT2D eigenvalue weighted by molar-refractivity contribution is 7.92. The van der Waals surface area contributed by atoms with E-state index < -0.39 is 16.1 Å². The van der Waals surface area contributed by atoms with E-state index >= 15 is 0 Å². The molecule has 2 rings (SSSR count). The van der Waals surface area contributed by atoms with E-state index in [1.165, 1.54) is 10.6 Å². The van der Waals surface area contributed by atoms with Gasteiger partial charge >= 0.3 is 0 Å². The standard InChI is InChI=1S/C29H43N3O4S/c1-6-8-20-30-29(34)26(7-2)31(22-19-25-15-10-9-11-16-25)28(33)18-13-21-32(37(5,35)36)27-17-12-14-23(3)24(27)4/h9-12,14-17,26H,6-8,13,18-22H2,1-5H3,(H,30,34). The molecule has 1 atom stereocenters. The van der Waals surface area contributed by atoms with E-state index in [1.807, 2.05) is 63.2 Å². The van der Waals surface area contributed by atoms with Crippen molar-refractivity contribution < 1.29 is 18.0 Å². The van der Waals surface area contributed by atoms with Gasteiger partial charge in [0.15, 0.2) is 0 Å². The van der Waals surface area contributed by atoms with Crippen LogP contribution in [0, 0.1) is 13.8 Å². The molecule has 2 aromatic carbocycles. The lowest BCUT2D eigenvalue weighted by Crippen LogP contribution is -2.50. The number of nitrogens with one attached hydrogen (secondary N) is 1. The number of rotatable bonds is 15. The van der Waals surface area contributed by atoms with Crippen LogP contribution in [-0.4, -0.2) is 57.1 Å². The number of sulfonamides is 1. The Labute approximate surface area is 223 Å². The molecule has 0 saturated heterocycles. The molecule has 0 aliphatic heterocycles. The summed E-state index contributed by atoms with van der Waals surface area (Å²) in [6.07, 6.45) is 4.72. The topological polar surface area (TPSA) is 86.8 Å². The molecule has 204 valence electrons. The maximum Gasteiger partial charge on any atom is 0.242 e. The lowest BCUT2D eigenvalue weighted by atomic mass is 10.1. The predicted molar refractivity (Wildman–Crippen MR) is 151 cm³/mol. The zero-order valence-electron chi connectivity index (χ0n) is 23.0. The summed E-state index contributed by atoms with van der Waals surface area (Å²) in [5.74, 6) is -0.270. The zero-order chi connectivity index (χ0) is 27.4. The molecule has 0 spiro atoms. The average Bonchev–Trinajstić information content (AvgIpc) is 2.86. The van der Waals surface area contributed by atoms with Gasteiger partial charge in [0.25, 0.3) is 0 Å². The third-order valence-corrected chi connectivity index (χ3v) is 7.88. The first-order valence-corrected chi connectivity index (χ1v) is 15.1. The van der Waals surface area contributed by atoms with Crippen LogP contribution >= 0.6 is 0 Å². The third-order valence-electron chi connectivity index (χ3n) is 6.70. The zero-order valence-corrected chi connectivity index (χ0v) is 23.8. The number of benzene rings is 2. The highest BCUT2D eigenvalue weighted by atomic mass is 32.2. The Balaban J connectivity index is 2.17. The van der Waals surface area contributed by atoms with Gasteiger partial charge in [-0.3, -0.25) is 13.9 Å². The van der Waals surface area contributed by atoms with Gasteiger partial charge in [-0.15, -0.1) is 0 Å². The van der Waals surface area contributed by atoms with Crippen LogP contribution < -0.4 is 9.62 Å². The average molecular weight is 530 g/mol. The first kappa shape index (κ1) is 30.4. The van der Waals surface area contributed by atoms with E-state index in [2.05, 4.69) is 12.2 Å². The van der Waals surface area contributed by atoms with Crippen LogP contribution in [0.1, 0.15) is 62.6 Å². The second-order valence-corrected chi connectivity index (χ2v) is 11.5. The molecule has 0 aromatic heterocycles. The van der Waals surface area contributed by atoms with Gasteiger partial charge in [0.05, 0.1) is 11.9 Å². The third kappa shape index (κ3) is 9.18. The molecule has 0 aliphatic carbocycles. The summed E-state index contributed by atoms with van der Waals surface area (Å²) in [6, 6.07) is 14.9. The minimum atomic E-state index is -3.52. The molecule has 1 N–H and O–H groups in total.